The molecular weight excluding hydrogens is 515 g/mol. The summed E-state index contributed by atoms with van der Waals surface area (Å²) in [5, 5.41) is 11.4. The van der Waals surface area contributed by atoms with Crippen LogP contribution in [0.2, 0.25) is 0 Å². The molecule has 10 nitrogen and oxygen atoms in total. The molecule has 0 radical (unpaired) electrons. The normalized spacial score (nSPS) is 18.5. The van der Waals surface area contributed by atoms with E-state index in [9.17, 15) is 23.6 Å². The number of nitrogens with zero attached hydrogens (tertiary/aromatic N) is 1. The number of urea groups is 1. The second-order valence-electron chi connectivity index (χ2n) is 10.8. The molecule has 0 aliphatic heterocycles. The molecule has 40 heavy (non-hydrogen) atoms. The average molecular weight is 553 g/mol. The van der Waals surface area contributed by atoms with Crippen molar-refractivity contribution in [1.82, 2.24) is 16.0 Å². The van der Waals surface area contributed by atoms with E-state index in [0.29, 0.717) is 37.4 Å². The molecule has 5 amide bonds. The first-order chi connectivity index (χ1) is 19.2. The molecular formula is C29H37FN6O4. The lowest BCUT2D eigenvalue weighted by molar-refractivity contribution is -0.107. The molecule has 2 aliphatic rings. The maximum Gasteiger partial charge on any atom is 0.319 e. The van der Waals surface area contributed by atoms with Crippen LogP contribution in [-0.2, 0) is 4.79 Å². The van der Waals surface area contributed by atoms with Gasteiger partial charge in [0.15, 0.2) is 0 Å². The predicted octanol–water partition coefficient (Wildman–Crippen LogP) is 3.78. The largest absolute Gasteiger partial charge is 0.396 e. The van der Waals surface area contributed by atoms with Crippen molar-refractivity contribution in [3.63, 3.8) is 0 Å². The summed E-state index contributed by atoms with van der Waals surface area (Å²) in [7, 11) is 0. The Morgan fingerprint density at radius 1 is 1.00 bits per heavy atom. The maximum atomic E-state index is 13.8. The van der Waals surface area contributed by atoms with Crippen LogP contribution in [0.1, 0.15) is 73.1 Å². The zero-order chi connectivity index (χ0) is 28.8. The second kappa shape index (κ2) is 12.8. The molecule has 2 fully saturated rings. The number of carbonyl (C=O) groups excluding carboxylic acids is 4. The molecule has 0 saturated heterocycles. The van der Waals surface area contributed by atoms with Gasteiger partial charge in [0.1, 0.15) is 5.82 Å². The maximum absolute atomic E-state index is 13.8. The van der Waals surface area contributed by atoms with E-state index in [2.05, 4.69) is 21.3 Å². The number of hydrogen-bond acceptors (Lipinski definition) is 5. The van der Waals surface area contributed by atoms with Crippen LogP contribution in [0, 0.1) is 11.7 Å². The molecule has 2 atom stereocenters. The van der Waals surface area contributed by atoms with Crippen molar-refractivity contribution in [2.75, 3.05) is 22.5 Å². The van der Waals surface area contributed by atoms with Gasteiger partial charge in [-0.3, -0.25) is 14.4 Å². The van der Waals surface area contributed by atoms with Gasteiger partial charge in [-0.05, 0) is 81.8 Å². The van der Waals surface area contributed by atoms with E-state index in [1.54, 1.807) is 12.1 Å². The molecule has 4 rings (SSSR count). The third kappa shape index (κ3) is 7.28. The van der Waals surface area contributed by atoms with Gasteiger partial charge < -0.3 is 31.9 Å². The van der Waals surface area contributed by atoms with E-state index in [1.807, 2.05) is 13.8 Å². The van der Waals surface area contributed by atoms with Gasteiger partial charge in [0, 0.05) is 29.9 Å². The van der Waals surface area contributed by atoms with E-state index in [0.717, 1.165) is 31.7 Å². The monoisotopic (exact) mass is 552 g/mol. The Labute approximate surface area is 233 Å². The van der Waals surface area contributed by atoms with Crippen molar-refractivity contribution < 1.29 is 23.6 Å². The Hall–Kier alpha value is -4.15. The average Bonchev–Trinajstić information content (AvgIpc) is 3.75. The second-order valence-corrected chi connectivity index (χ2v) is 10.8. The summed E-state index contributed by atoms with van der Waals surface area (Å²) >= 11 is 0. The molecule has 0 bridgehead atoms. The number of nitrogen functional groups attached to an aromatic ring is 1. The predicted molar refractivity (Wildman–Crippen MR) is 152 cm³/mol. The lowest BCUT2D eigenvalue weighted by atomic mass is 9.90. The van der Waals surface area contributed by atoms with Gasteiger partial charge in [-0.15, -0.1) is 0 Å². The highest BCUT2D eigenvalue weighted by atomic mass is 19.1. The molecule has 6 N–H and O–H groups in total. The number of nitrogens with two attached hydrogens (primary N) is 1. The quantitative estimate of drug-likeness (QED) is 0.225. The molecule has 0 spiro atoms. The highest BCUT2D eigenvalue weighted by molar-refractivity contribution is 6.05. The van der Waals surface area contributed by atoms with Crippen LogP contribution >= 0.6 is 0 Å². The van der Waals surface area contributed by atoms with Gasteiger partial charge in [0.05, 0.1) is 23.0 Å². The zero-order valence-electron chi connectivity index (χ0n) is 22.8. The summed E-state index contributed by atoms with van der Waals surface area (Å²) in [5.41, 5.74) is 6.71. The van der Waals surface area contributed by atoms with Crippen molar-refractivity contribution in [3.05, 3.63) is 53.3 Å². The van der Waals surface area contributed by atoms with Gasteiger partial charge in [-0.25, -0.2) is 9.18 Å². The molecule has 2 aromatic rings. The molecule has 2 saturated carbocycles. The van der Waals surface area contributed by atoms with E-state index in [-0.39, 0.29) is 52.4 Å². The van der Waals surface area contributed by atoms with Crippen LogP contribution in [-0.4, -0.2) is 48.9 Å². The van der Waals surface area contributed by atoms with Crippen molar-refractivity contribution in [1.29, 1.82) is 0 Å². The fourth-order valence-corrected chi connectivity index (χ4v) is 4.86. The topological polar surface area (TPSA) is 146 Å². The summed E-state index contributed by atoms with van der Waals surface area (Å²) in [6, 6.07) is 7.35. The number of rotatable bonds is 10. The Morgan fingerprint density at radius 2 is 1.70 bits per heavy atom. The number of benzene rings is 2. The van der Waals surface area contributed by atoms with Crippen molar-refractivity contribution in [3.8, 4) is 0 Å². The first kappa shape index (κ1) is 28.8. The lowest BCUT2D eigenvalue weighted by Gasteiger charge is -2.33. The number of nitrogens with one attached hydrogen (secondary N) is 4. The molecule has 11 heteroatoms. The molecule has 214 valence electrons. The number of hydrogen-bond donors (Lipinski definition) is 5. The molecule has 0 aromatic heterocycles. The third-order valence-corrected chi connectivity index (χ3v) is 7.36. The van der Waals surface area contributed by atoms with Crippen LogP contribution in [0.4, 0.5) is 26.2 Å². The summed E-state index contributed by atoms with van der Waals surface area (Å²) in [4.78, 5) is 52.3. The highest BCUT2D eigenvalue weighted by Crippen LogP contribution is 2.29. The van der Waals surface area contributed by atoms with E-state index in [4.69, 9.17) is 5.73 Å². The van der Waals surface area contributed by atoms with E-state index >= 15 is 0 Å². The fraction of sp³-hybridized carbons (Fsp3) is 0.448. The van der Waals surface area contributed by atoms with Crippen LogP contribution in [0.3, 0.4) is 0 Å². The standard InChI is InChI=1S/C29H37FN6O4/c1-17(2)36(16-37)26-12-9-19(13-21(26)28(39)32-15-18-7-8-18)27(38)34-24-5-3-4-6-25(24)35-29(40)33-20-10-11-23(31)22(30)14-20/h9-14,16-18,24-25H,3-8,15,31H2,1-2H3,(H,32,39)(H,34,38)(H2,33,35,40)/t24-,25+/m0/s1. The minimum atomic E-state index is -0.628. The minimum absolute atomic E-state index is 0.0133. The highest BCUT2D eigenvalue weighted by Gasteiger charge is 2.29. The van der Waals surface area contributed by atoms with Gasteiger partial charge in [0.25, 0.3) is 11.8 Å². The van der Waals surface area contributed by atoms with E-state index in [1.165, 1.54) is 23.1 Å². The van der Waals surface area contributed by atoms with Crippen LogP contribution in [0.5, 0.6) is 0 Å². The SMILES string of the molecule is CC(C)N(C=O)c1ccc(C(=O)N[C@H]2CCCC[C@H]2NC(=O)Nc2ccc(N)c(F)c2)cc1C(=O)NCC1CC1. The Kier molecular flexibility index (Phi) is 9.23. The summed E-state index contributed by atoms with van der Waals surface area (Å²) in [6.45, 7) is 4.24. The lowest BCUT2D eigenvalue weighted by Crippen LogP contribution is -2.54. The smallest absolute Gasteiger partial charge is 0.319 e. The van der Waals surface area contributed by atoms with Crippen molar-refractivity contribution in [2.24, 2.45) is 5.92 Å². The van der Waals surface area contributed by atoms with Crippen LogP contribution in [0.25, 0.3) is 0 Å². The summed E-state index contributed by atoms with van der Waals surface area (Å²) in [5.74, 6) is -0.878. The molecule has 0 unspecified atom stereocenters. The minimum Gasteiger partial charge on any atom is -0.396 e. The van der Waals surface area contributed by atoms with Gasteiger partial charge >= 0.3 is 6.03 Å². The van der Waals surface area contributed by atoms with Crippen LogP contribution in [0.15, 0.2) is 36.4 Å². The van der Waals surface area contributed by atoms with Crippen molar-refractivity contribution >= 4 is 41.3 Å². The summed E-state index contributed by atoms with van der Waals surface area (Å²) < 4.78 is 13.8. The number of halogens is 1. The van der Waals surface area contributed by atoms with Gasteiger partial charge in [0.2, 0.25) is 6.41 Å². The summed E-state index contributed by atoms with van der Waals surface area (Å²) in [6.07, 6.45) is 5.91. The van der Waals surface area contributed by atoms with Gasteiger partial charge in [-0.1, -0.05) is 12.8 Å². The molecule has 0 heterocycles. The van der Waals surface area contributed by atoms with E-state index < -0.39 is 11.8 Å². The molecule has 2 aliphatic carbocycles. The number of amides is 5. The molecule has 2 aromatic carbocycles. The third-order valence-electron chi connectivity index (χ3n) is 7.36. The number of anilines is 3. The van der Waals surface area contributed by atoms with Gasteiger partial charge in [-0.2, -0.15) is 0 Å². The Bertz CT molecular complexity index is 1270. The number of carbonyl (C=O) groups is 4. The van der Waals surface area contributed by atoms with Crippen molar-refractivity contribution in [2.45, 2.75) is 70.5 Å². The Morgan fingerprint density at radius 3 is 2.33 bits per heavy atom. The first-order valence-electron chi connectivity index (χ1n) is 13.8. The fourth-order valence-electron chi connectivity index (χ4n) is 4.86. The zero-order valence-corrected chi connectivity index (χ0v) is 22.8. The first-order valence-corrected chi connectivity index (χ1v) is 13.8. The Balaban J connectivity index is 1.47. The van der Waals surface area contributed by atoms with Crippen LogP contribution < -0.4 is 31.9 Å².